The van der Waals surface area contributed by atoms with Crippen LogP contribution in [0.2, 0.25) is 0 Å². The number of para-hydroxylation sites is 1. The van der Waals surface area contributed by atoms with Crippen LogP contribution in [0.3, 0.4) is 0 Å². The fourth-order valence-electron chi connectivity index (χ4n) is 1.74. The molecule has 0 aliphatic carbocycles. The zero-order valence-corrected chi connectivity index (χ0v) is 12.2. The number of esters is 1. The number of benzene rings is 1. The van der Waals surface area contributed by atoms with E-state index in [-0.39, 0.29) is 30.6 Å². The van der Waals surface area contributed by atoms with Gasteiger partial charge in [-0.15, -0.1) is 0 Å². The Balaban J connectivity index is 1.94. The summed E-state index contributed by atoms with van der Waals surface area (Å²) in [5, 5.41) is 0.518. The van der Waals surface area contributed by atoms with Crippen LogP contribution in [0.1, 0.15) is 0 Å². The van der Waals surface area contributed by atoms with Crippen molar-refractivity contribution in [3.05, 3.63) is 41.2 Å². The maximum absolute atomic E-state index is 13.4. The smallest absolute Gasteiger partial charge is 0.333 e. The summed E-state index contributed by atoms with van der Waals surface area (Å²) in [6.45, 7) is 0.370. The van der Waals surface area contributed by atoms with E-state index in [1.807, 2.05) is 0 Å². The molecule has 1 saturated heterocycles. The first-order valence-corrected chi connectivity index (χ1v) is 7.20. The molecule has 0 bridgehead atoms. The SMILES string of the molecule is COC(=O)C=C1SCC(=O)N1CCOc1ccccc1F. The minimum absolute atomic E-state index is 0.118. The molecule has 0 aromatic heterocycles. The van der Waals surface area contributed by atoms with Crippen molar-refractivity contribution in [1.29, 1.82) is 0 Å². The van der Waals surface area contributed by atoms with Crippen molar-refractivity contribution in [2.75, 3.05) is 26.0 Å². The Morgan fingerprint density at radius 1 is 1.48 bits per heavy atom. The van der Waals surface area contributed by atoms with Gasteiger partial charge in [0.15, 0.2) is 11.6 Å². The third kappa shape index (κ3) is 3.98. The molecule has 1 amide bonds. The van der Waals surface area contributed by atoms with Crippen LogP contribution in [0, 0.1) is 5.82 Å². The van der Waals surface area contributed by atoms with Gasteiger partial charge in [-0.25, -0.2) is 9.18 Å². The van der Waals surface area contributed by atoms with Gasteiger partial charge < -0.3 is 14.4 Å². The maximum Gasteiger partial charge on any atom is 0.333 e. The molecule has 5 nitrogen and oxygen atoms in total. The predicted molar refractivity (Wildman–Crippen MR) is 76.2 cm³/mol. The van der Waals surface area contributed by atoms with E-state index in [9.17, 15) is 14.0 Å². The monoisotopic (exact) mass is 311 g/mol. The molecule has 0 saturated carbocycles. The summed E-state index contributed by atoms with van der Waals surface area (Å²) in [5.41, 5.74) is 0. The molecule has 0 spiro atoms. The first kappa shape index (κ1) is 15.4. The lowest BCUT2D eigenvalue weighted by Gasteiger charge is -2.17. The van der Waals surface area contributed by atoms with Gasteiger partial charge in [-0.2, -0.15) is 0 Å². The van der Waals surface area contributed by atoms with E-state index in [2.05, 4.69) is 4.74 Å². The van der Waals surface area contributed by atoms with Crippen LogP contribution < -0.4 is 4.74 Å². The average Bonchev–Trinajstić information content (AvgIpc) is 2.82. The topological polar surface area (TPSA) is 55.8 Å². The number of thioether (sulfide) groups is 1. The minimum atomic E-state index is -0.521. The Morgan fingerprint density at radius 3 is 2.95 bits per heavy atom. The Labute approximate surface area is 125 Å². The second-order valence-corrected chi connectivity index (χ2v) is 5.11. The number of rotatable bonds is 5. The number of methoxy groups -OCH3 is 1. The zero-order valence-electron chi connectivity index (χ0n) is 11.4. The number of nitrogens with zero attached hydrogens (tertiary/aromatic N) is 1. The van der Waals surface area contributed by atoms with E-state index >= 15 is 0 Å². The molecular weight excluding hydrogens is 297 g/mol. The first-order chi connectivity index (χ1) is 10.1. The zero-order chi connectivity index (χ0) is 15.2. The third-order valence-corrected chi connectivity index (χ3v) is 3.79. The van der Waals surface area contributed by atoms with E-state index in [1.54, 1.807) is 12.1 Å². The van der Waals surface area contributed by atoms with Crippen LogP contribution >= 0.6 is 11.8 Å². The molecule has 0 radical (unpaired) electrons. The van der Waals surface area contributed by atoms with E-state index in [0.29, 0.717) is 5.03 Å². The minimum Gasteiger partial charge on any atom is -0.489 e. The summed E-state index contributed by atoms with van der Waals surface area (Å²) < 4.78 is 23.2. The summed E-state index contributed by atoms with van der Waals surface area (Å²) in [6.07, 6.45) is 1.26. The molecule has 1 fully saturated rings. The second-order valence-electron chi connectivity index (χ2n) is 4.12. The first-order valence-electron chi connectivity index (χ1n) is 6.22. The molecule has 21 heavy (non-hydrogen) atoms. The number of carbonyl (C=O) groups excluding carboxylic acids is 2. The molecule has 0 atom stereocenters. The Kier molecular flexibility index (Phi) is 5.21. The molecule has 1 aliphatic heterocycles. The standard InChI is InChI=1S/C14H14FNO4S/c1-19-14(18)8-13-16(12(17)9-21-13)6-7-20-11-5-3-2-4-10(11)15/h2-5,8H,6-7,9H2,1H3. The molecule has 1 aromatic carbocycles. The van der Waals surface area contributed by atoms with Gasteiger partial charge in [-0.1, -0.05) is 23.9 Å². The van der Waals surface area contributed by atoms with E-state index in [1.165, 1.54) is 42.0 Å². The van der Waals surface area contributed by atoms with Crippen molar-refractivity contribution in [3.63, 3.8) is 0 Å². The van der Waals surface area contributed by atoms with Crippen molar-refractivity contribution in [3.8, 4) is 5.75 Å². The number of carbonyl (C=O) groups is 2. The molecule has 0 N–H and O–H groups in total. The number of hydrogen-bond donors (Lipinski definition) is 0. The van der Waals surface area contributed by atoms with Crippen molar-refractivity contribution in [1.82, 2.24) is 4.90 Å². The number of halogens is 1. The van der Waals surface area contributed by atoms with Gasteiger partial charge in [0.25, 0.3) is 0 Å². The summed E-state index contributed by atoms with van der Waals surface area (Å²) >= 11 is 1.26. The Bertz CT molecular complexity index is 576. The van der Waals surface area contributed by atoms with E-state index in [4.69, 9.17) is 4.74 Å². The van der Waals surface area contributed by atoms with Crippen molar-refractivity contribution in [2.45, 2.75) is 0 Å². The molecule has 1 heterocycles. The second kappa shape index (κ2) is 7.12. The van der Waals surface area contributed by atoms with E-state index < -0.39 is 11.8 Å². The highest BCUT2D eigenvalue weighted by Crippen LogP contribution is 2.28. The fraction of sp³-hybridized carbons (Fsp3) is 0.286. The molecule has 2 rings (SSSR count). The number of amides is 1. The lowest BCUT2D eigenvalue weighted by atomic mass is 10.3. The maximum atomic E-state index is 13.4. The lowest BCUT2D eigenvalue weighted by Crippen LogP contribution is -2.29. The lowest BCUT2D eigenvalue weighted by molar-refractivity contribution is -0.134. The predicted octanol–water partition coefficient (Wildman–Crippen LogP) is 1.79. The summed E-state index contributed by atoms with van der Waals surface area (Å²) in [6, 6.07) is 6.05. The van der Waals surface area contributed by atoms with Crippen LogP contribution in [0.4, 0.5) is 4.39 Å². The van der Waals surface area contributed by atoms with Gasteiger partial charge in [-0.3, -0.25) is 4.79 Å². The van der Waals surface area contributed by atoms with Crippen molar-refractivity contribution < 1.29 is 23.5 Å². The number of ether oxygens (including phenoxy) is 2. The molecule has 1 aromatic rings. The number of hydrogen-bond acceptors (Lipinski definition) is 5. The van der Waals surface area contributed by atoms with Gasteiger partial charge in [0.2, 0.25) is 5.91 Å². The Hall–Kier alpha value is -2.02. The highest BCUT2D eigenvalue weighted by atomic mass is 32.2. The van der Waals surface area contributed by atoms with Crippen LogP contribution in [-0.2, 0) is 14.3 Å². The average molecular weight is 311 g/mol. The fourth-order valence-corrected chi connectivity index (χ4v) is 2.69. The van der Waals surface area contributed by atoms with Crippen molar-refractivity contribution >= 4 is 23.6 Å². The molecular formula is C14H14FNO4S. The molecule has 112 valence electrons. The molecule has 0 unspecified atom stereocenters. The normalized spacial score (nSPS) is 16.4. The van der Waals surface area contributed by atoms with Gasteiger partial charge in [0.1, 0.15) is 6.61 Å². The highest BCUT2D eigenvalue weighted by Gasteiger charge is 2.27. The summed E-state index contributed by atoms with van der Waals surface area (Å²) in [5.74, 6) is -0.692. The molecule has 7 heteroatoms. The quantitative estimate of drug-likeness (QED) is 0.613. The van der Waals surface area contributed by atoms with E-state index in [0.717, 1.165) is 0 Å². The van der Waals surface area contributed by atoms with Gasteiger partial charge in [0.05, 0.1) is 30.5 Å². The van der Waals surface area contributed by atoms with Gasteiger partial charge in [-0.05, 0) is 12.1 Å². The van der Waals surface area contributed by atoms with Crippen LogP contribution in [0.25, 0.3) is 0 Å². The summed E-state index contributed by atoms with van der Waals surface area (Å²) in [7, 11) is 1.27. The Morgan fingerprint density at radius 2 is 2.24 bits per heavy atom. The van der Waals surface area contributed by atoms with Gasteiger partial charge >= 0.3 is 5.97 Å². The summed E-state index contributed by atoms with van der Waals surface area (Å²) in [4.78, 5) is 24.4. The largest absolute Gasteiger partial charge is 0.489 e. The van der Waals surface area contributed by atoms with Gasteiger partial charge in [0, 0.05) is 0 Å². The van der Waals surface area contributed by atoms with Crippen LogP contribution in [-0.4, -0.2) is 42.8 Å². The third-order valence-electron chi connectivity index (χ3n) is 2.76. The van der Waals surface area contributed by atoms with Crippen molar-refractivity contribution in [2.24, 2.45) is 0 Å². The van der Waals surface area contributed by atoms with Crippen LogP contribution in [0.15, 0.2) is 35.4 Å². The highest BCUT2D eigenvalue weighted by molar-refractivity contribution is 8.04. The van der Waals surface area contributed by atoms with Crippen LogP contribution in [0.5, 0.6) is 5.75 Å². The molecule has 1 aliphatic rings.